The average Bonchev–Trinajstić information content (AvgIpc) is 2.35. The number of alkyl halides is 1. The van der Waals surface area contributed by atoms with Crippen LogP contribution in [0, 0.1) is 0 Å². The van der Waals surface area contributed by atoms with Gasteiger partial charge in [-0.05, 0) is 30.0 Å². The van der Waals surface area contributed by atoms with Crippen LogP contribution >= 0.6 is 6.80 Å². The maximum atomic E-state index is 13.2. The van der Waals surface area contributed by atoms with Crippen LogP contribution in [0.2, 0.25) is 0 Å². The molecule has 0 saturated carbocycles. The van der Waals surface area contributed by atoms with Gasteiger partial charge in [-0.25, -0.2) is 17.4 Å². The van der Waals surface area contributed by atoms with Crippen molar-refractivity contribution < 1.29 is 27.2 Å². The van der Waals surface area contributed by atoms with Crippen molar-refractivity contribution in [3.63, 3.8) is 0 Å². The van der Waals surface area contributed by atoms with Gasteiger partial charge in [0.25, 0.3) is 9.46 Å². The van der Waals surface area contributed by atoms with Gasteiger partial charge in [0, 0.05) is 5.56 Å². The molecule has 19 heavy (non-hydrogen) atoms. The Kier molecular flexibility index (Phi) is 4.90. The molecular weight excluding hydrogens is 294 g/mol. The van der Waals surface area contributed by atoms with Gasteiger partial charge in [-0.1, -0.05) is 19.9 Å². The number of hydrogen-bond acceptors (Lipinski definition) is 3. The molecule has 1 aromatic rings. The molecule has 0 aliphatic carbocycles. The van der Waals surface area contributed by atoms with Crippen LogP contribution < -0.4 is 0 Å². The largest absolute Gasteiger partial charge is 0.444 e. The van der Waals surface area contributed by atoms with Crippen molar-refractivity contribution >= 4 is 16.3 Å². The van der Waals surface area contributed by atoms with E-state index in [4.69, 9.17) is 9.79 Å². The van der Waals surface area contributed by atoms with Crippen molar-refractivity contribution in [3.05, 3.63) is 28.8 Å². The van der Waals surface area contributed by atoms with Gasteiger partial charge in [-0.15, -0.1) is 0 Å². The van der Waals surface area contributed by atoms with E-state index < -0.39 is 27.8 Å². The van der Waals surface area contributed by atoms with E-state index in [-0.39, 0.29) is 5.56 Å². The minimum Gasteiger partial charge on any atom is -0.313 e. The van der Waals surface area contributed by atoms with Crippen molar-refractivity contribution in [1.29, 1.82) is 0 Å². The number of benzene rings is 1. The summed E-state index contributed by atoms with van der Waals surface area (Å²) in [6, 6.07) is 2.54. The highest BCUT2D eigenvalue weighted by atomic mass is 32.8. The van der Waals surface area contributed by atoms with Crippen molar-refractivity contribution in [3.8, 4) is 0 Å². The van der Waals surface area contributed by atoms with Crippen LogP contribution in [0.5, 0.6) is 0 Å². The molecule has 5 nitrogen and oxygen atoms in total. The maximum Gasteiger partial charge on any atom is 0.444 e. The predicted octanol–water partition coefficient (Wildman–Crippen LogP) is 2.15. The van der Waals surface area contributed by atoms with Gasteiger partial charge in [0.1, 0.15) is 6.67 Å². The van der Waals surface area contributed by atoms with E-state index in [1.54, 1.807) is 6.92 Å². The third kappa shape index (κ3) is 2.89. The Morgan fingerprint density at radius 2 is 1.74 bits per heavy atom. The molecule has 0 atom stereocenters. The van der Waals surface area contributed by atoms with Crippen LogP contribution in [-0.2, 0) is 33.5 Å². The molecule has 0 fully saturated rings. The molecule has 1 rings (SSSR count). The highest BCUT2D eigenvalue weighted by Gasteiger charge is 2.38. The molecule has 0 aromatic heterocycles. The number of aryl methyl sites for hydroxylation is 1. The van der Waals surface area contributed by atoms with Gasteiger partial charge in [0.15, 0.2) is 0 Å². The molecular formula is C11H16FO5PS. The fourth-order valence-corrected chi connectivity index (χ4v) is 4.28. The fourth-order valence-electron chi connectivity index (χ4n) is 2.01. The smallest absolute Gasteiger partial charge is 0.313 e. The summed E-state index contributed by atoms with van der Waals surface area (Å²) in [5.74, 6) is 0. The second kappa shape index (κ2) is 5.71. The summed E-state index contributed by atoms with van der Waals surface area (Å²) in [5.41, 5.74) is 1.13. The van der Waals surface area contributed by atoms with Crippen molar-refractivity contribution in [2.75, 3.05) is 0 Å². The van der Waals surface area contributed by atoms with Gasteiger partial charge in [-0.2, -0.15) is 0 Å². The Hall–Kier alpha value is -0.750. The molecule has 0 heterocycles. The van der Waals surface area contributed by atoms with E-state index in [1.165, 1.54) is 6.07 Å². The van der Waals surface area contributed by atoms with Crippen LogP contribution in [0.4, 0.5) is 4.39 Å². The van der Waals surface area contributed by atoms with E-state index in [0.717, 1.165) is 11.6 Å². The van der Waals surface area contributed by atoms with Gasteiger partial charge in [0.2, 0.25) is 0 Å². The lowest BCUT2D eigenvalue weighted by atomic mass is 9.98. The molecule has 0 aliphatic rings. The summed E-state index contributed by atoms with van der Waals surface area (Å²) in [7, 11) is -4.85. The zero-order valence-electron chi connectivity index (χ0n) is 10.6. The molecule has 108 valence electrons. The van der Waals surface area contributed by atoms with Crippen LogP contribution in [0.1, 0.15) is 30.5 Å². The van der Waals surface area contributed by atoms with E-state index in [9.17, 15) is 17.4 Å². The predicted molar refractivity (Wildman–Crippen MR) is 69.2 cm³/mol. The van der Waals surface area contributed by atoms with Crippen LogP contribution in [0.15, 0.2) is 17.0 Å². The number of rotatable bonds is 5. The van der Waals surface area contributed by atoms with Gasteiger partial charge in [-0.3, -0.25) is 0 Å². The lowest BCUT2D eigenvalue weighted by Gasteiger charge is -2.15. The van der Waals surface area contributed by atoms with E-state index in [1.807, 2.05) is 6.92 Å². The highest BCUT2D eigenvalue weighted by molar-refractivity contribution is 8.48. The topological polar surface area (TPSA) is 91.7 Å². The number of hydrogen-bond donors (Lipinski definition) is 2. The molecule has 0 unspecified atom stereocenters. The summed E-state index contributed by atoms with van der Waals surface area (Å²) in [4.78, 5) is 17.2. The van der Waals surface area contributed by atoms with Crippen LogP contribution in [0.3, 0.4) is 0 Å². The molecule has 2 N–H and O–H groups in total. The second-order valence-corrected chi connectivity index (χ2v) is 9.23. The second-order valence-electron chi connectivity index (χ2n) is 3.99. The molecule has 0 amide bonds. The van der Waals surface area contributed by atoms with E-state index in [2.05, 4.69) is 0 Å². The first-order chi connectivity index (χ1) is 8.70. The average molecular weight is 310 g/mol. The fraction of sp³-hybridized carbons (Fsp3) is 0.455. The van der Waals surface area contributed by atoms with Crippen molar-refractivity contribution in [2.45, 2.75) is 38.3 Å². The molecule has 8 heteroatoms. The van der Waals surface area contributed by atoms with Crippen LogP contribution in [0.25, 0.3) is 0 Å². The summed E-state index contributed by atoms with van der Waals surface area (Å²) in [5, 5.41) is 0. The lowest BCUT2D eigenvalue weighted by molar-refractivity contribution is 0.390. The Labute approximate surface area is 111 Å². The first kappa shape index (κ1) is 16.3. The van der Waals surface area contributed by atoms with Gasteiger partial charge < -0.3 is 9.79 Å². The maximum absolute atomic E-state index is 13.2. The molecule has 0 saturated heterocycles. The SMILES string of the molecule is CCc1ccc(S(=O)(=O)P(=O)(O)O)c(CF)c1CC. The molecule has 1 aromatic carbocycles. The zero-order chi connectivity index (χ0) is 14.8. The quantitative estimate of drug-likeness (QED) is 0.813. The Morgan fingerprint density at radius 3 is 2.11 bits per heavy atom. The minimum atomic E-state index is -5.38. The monoisotopic (exact) mass is 310 g/mol. The standard InChI is InChI=1S/C11H16FO5PS/c1-3-8-5-6-11(10(7-12)9(8)4-2)19(16,17)18(13,14)15/h5-6H,3-4,7H2,1-2H3,(H2,13,14,15). The van der Waals surface area contributed by atoms with E-state index in [0.29, 0.717) is 18.4 Å². The molecule has 0 bridgehead atoms. The van der Waals surface area contributed by atoms with Gasteiger partial charge in [0.05, 0.1) is 4.90 Å². The summed E-state index contributed by atoms with van der Waals surface area (Å²) in [6.07, 6.45) is 0.985. The molecule has 0 spiro atoms. The number of halogens is 1. The highest BCUT2D eigenvalue weighted by Crippen LogP contribution is 2.49. The van der Waals surface area contributed by atoms with E-state index >= 15 is 0 Å². The lowest BCUT2D eigenvalue weighted by Crippen LogP contribution is -2.09. The van der Waals surface area contributed by atoms with Crippen molar-refractivity contribution in [1.82, 2.24) is 0 Å². The summed E-state index contributed by atoms with van der Waals surface area (Å²) in [6.45, 7) is -2.88. The van der Waals surface area contributed by atoms with Crippen molar-refractivity contribution in [2.24, 2.45) is 0 Å². The third-order valence-corrected chi connectivity index (χ3v) is 6.98. The van der Waals surface area contributed by atoms with Crippen LogP contribution in [-0.4, -0.2) is 18.2 Å². The van der Waals surface area contributed by atoms with Gasteiger partial charge >= 0.3 is 6.80 Å². The minimum absolute atomic E-state index is 0.148. The summed E-state index contributed by atoms with van der Waals surface area (Å²) >= 11 is 0. The zero-order valence-corrected chi connectivity index (χ0v) is 12.3. The third-order valence-electron chi connectivity index (χ3n) is 2.94. The Balaban J connectivity index is 3.69. The normalized spacial score (nSPS) is 12.7. The Bertz CT molecular complexity index is 620. The first-order valence-electron chi connectivity index (χ1n) is 5.71. The first-order valence-corrected chi connectivity index (χ1v) is 9.41. The summed E-state index contributed by atoms with van der Waals surface area (Å²) < 4.78 is 47.8. The molecule has 0 radical (unpaired) electrons. The Morgan fingerprint density at radius 1 is 1.16 bits per heavy atom. The molecule has 0 aliphatic heterocycles.